The predicted molar refractivity (Wildman–Crippen MR) is 101 cm³/mol. The Labute approximate surface area is 148 Å². The first-order valence-corrected chi connectivity index (χ1v) is 9.78. The zero-order valence-electron chi connectivity index (χ0n) is 13.0. The van der Waals surface area contributed by atoms with Crippen molar-refractivity contribution in [3.8, 4) is 0 Å². The summed E-state index contributed by atoms with van der Waals surface area (Å²) in [7, 11) is 0. The topological polar surface area (TPSA) is 41.9 Å². The van der Waals surface area contributed by atoms with Crippen molar-refractivity contribution < 1.29 is 9.63 Å². The van der Waals surface area contributed by atoms with E-state index in [2.05, 4.69) is 22.2 Å². The second-order valence-electron chi connectivity index (χ2n) is 5.52. The highest BCUT2D eigenvalue weighted by Crippen LogP contribution is 2.31. The normalized spacial score (nSPS) is 19.5. The van der Waals surface area contributed by atoms with Crippen LogP contribution in [0.15, 0.2) is 53.2 Å². The van der Waals surface area contributed by atoms with Gasteiger partial charge in [-0.1, -0.05) is 35.5 Å². The highest BCUT2D eigenvalue weighted by Gasteiger charge is 2.27. The Morgan fingerprint density at radius 2 is 1.88 bits per heavy atom. The van der Waals surface area contributed by atoms with Crippen molar-refractivity contribution in [2.24, 2.45) is 5.16 Å². The number of hydrogen-bond acceptors (Lipinski definition) is 6. The molecule has 0 bridgehead atoms. The molecule has 0 N–H and O–H groups in total. The largest absolute Gasteiger partial charge is 0.368 e. The molecule has 0 aliphatic carbocycles. The summed E-state index contributed by atoms with van der Waals surface area (Å²) in [6.45, 7) is 2.17. The lowest BCUT2D eigenvalue weighted by Crippen LogP contribution is -2.31. The van der Waals surface area contributed by atoms with Gasteiger partial charge in [0.15, 0.2) is 0 Å². The fourth-order valence-electron chi connectivity index (χ4n) is 2.73. The van der Waals surface area contributed by atoms with E-state index in [4.69, 9.17) is 4.84 Å². The van der Waals surface area contributed by atoms with E-state index in [1.165, 1.54) is 16.5 Å². The van der Waals surface area contributed by atoms with Crippen molar-refractivity contribution in [3.63, 3.8) is 0 Å². The summed E-state index contributed by atoms with van der Waals surface area (Å²) in [5, 5.41) is 5.21. The van der Waals surface area contributed by atoms with Crippen LogP contribution in [0, 0.1) is 0 Å². The SMILES string of the molecule is O=C1ON=C(c2ccccc2)C1=Cc1ccc(N2CCSCC2)s1. The van der Waals surface area contributed by atoms with Crippen LogP contribution in [-0.2, 0) is 9.63 Å². The first kappa shape index (κ1) is 15.5. The molecule has 2 aromatic rings. The Morgan fingerprint density at radius 1 is 1.08 bits per heavy atom. The minimum absolute atomic E-state index is 0.391. The van der Waals surface area contributed by atoms with Crippen LogP contribution in [0.2, 0.25) is 0 Å². The summed E-state index contributed by atoms with van der Waals surface area (Å²) in [6, 6.07) is 13.8. The van der Waals surface area contributed by atoms with Gasteiger partial charge in [-0.3, -0.25) is 0 Å². The molecule has 0 spiro atoms. The van der Waals surface area contributed by atoms with Crippen molar-refractivity contribution >= 4 is 45.9 Å². The minimum atomic E-state index is -0.391. The average molecular weight is 356 g/mol. The molecule has 1 saturated heterocycles. The Balaban J connectivity index is 1.61. The van der Waals surface area contributed by atoms with E-state index in [0.29, 0.717) is 11.3 Å². The number of rotatable bonds is 3. The number of thiophene rings is 1. The molecule has 0 atom stereocenters. The maximum Gasteiger partial charge on any atom is 0.368 e. The fourth-order valence-corrected chi connectivity index (χ4v) is 4.63. The summed E-state index contributed by atoms with van der Waals surface area (Å²) in [6.07, 6.45) is 1.88. The molecule has 1 aromatic heterocycles. The molecule has 0 amide bonds. The van der Waals surface area contributed by atoms with E-state index in [1.807, 2.05) is 48.2 Å². The van der Waals surface area contributed by atoms with Crippen molar-refractivity contribution in [1.82, 2.24) is 0 Å². The van der Waals surface area contributed by atoms with Crippen LogP contribution < -0.4 is 4.90 Å². The van der Waals surface area contributed by atoms with Crippen LogP contribution in [0.5, 0.6) is 0 Å². The first-order valence-electron chi connectivity index (χ1n) is 7.80. The first-order chi connectivity index (χ1) is 11.8. The molecule has 24 heavy (non-hydrogen) atoms. The second-order valence-corrected chi connectivity index (χ2v) is 7.84. The summed E-state index contributed by atoms with van der Waals surface area (Å²) in [5.74, 6) is 1.95. The Morgan fingerprint density at radius 3 is 2.67 bits per heavy atom. The third-order valence-electron chi connectivity index (χ3n) is 3.96. The third kappa shape index (κ3) is 3.12. The van der Waals surface area contributed by atoms with E-state index in [-0.39, 0.29) is 0 Å². The fraction of sp³-hybridized carbons (Fsp3) is 0.222. The van der Waals surface area contributed by atoms with Crippen LogP contribution in [0.1, 0.15) is 10.4 Å². The van der Waals surface area contributed by atoms with Crippen LogP contribution >= 0.6 is 23.1 Å². The van der Waals surface area contributed by atoms with Gasteiger partial charge in [-0.2, -0.15) is 11.8 Å². The van der Waals surface area contributed by atoms with Crippen LogP contribution in [-0.4, -0.2) is 36.3 Å². The van der Waals surface area contributed by atoms with Gasteiger partial charge in [0, 0.05) is 35.0 Å². The zero-order valence-corrected chi connectivity index (χ0v) is 14.6. The quantitative estimate of drug-likeness (QED) is 0.622. The van der Waals surface area contributed by atoms with E-state index in [9.17, 15) is 4.79 Å². The zero-order chi connectivity index (χ0) is 16.4. The summed E-state index contributed by atoms with van der Waals surface area (Å²) >= 11 is 3.70. The minimum Gasteiger partial charge on any atom is -0.362 e. The number of benzene rings is 1. The van der Waals surface area contributed by atoms with E-state index < -0.39 is 5.97 Å². The number of thioether (sulfide) groups is 1. The maximum absolute atomic E-state index is 12.1. The monoisotopic (exact) mass is 356 g/mol. The van der Waals surface area contributed by atoms with Gasteiger partial charge in [0.25, 0.3) is 0 Å². The van der Waals surface area contributed by atoms with Crippen molar-refractivity contribution in [2.75, 3.05) is 29.5 Å². The molecule has 1 aromatic carbocycles. The van der Waals surface area contributed by atoms with Gasteiger partial charge in [-0.15, -0.1) is 11.3 Å². The summed E-state index contributed by atoms with van der Waals surface area (Å²) < 4.78 is 0. The highest BCUT2D eigenvalue weighted by molar-refractivity contribution is 7.99. The molecule has 4 rings (SSSR count). The Bertz CT molecular complexity index is 805. The molecular formula is C18H16N2O2S2. The number of carbonyl (C=O) groups is 1. The van der Waals surface area contributed by atoms with Crippen molar-refractivity contribution in [2.45, 2.75) is 0 Å². The molecule has 2 aliphatic rings. The maximum atomic E-state index is 12.1. The molecule has 2 aliphatic heterocycles. The smallest absolute Gasteiger partial charge is 0.362 e. The van der Waals surface area contributed by atoms with E-state index >= 15 is 0 Å². The molecule has 1 fully saturated rings. The number of anilines is 1. The molecule has 4 nitrogen and oxygen atoms in total. The summed E-state index contributed by atoms with van der Waals surface area (Å²) in [4.78, 5) is 20.4. The lowest BCUT2D eigenvalue weighted by Gasteiger charge is -2.26. The van der Waals surface area contributed by atoms with Crippen LogP contribution in [0.25, 0.3) is 6.08 Å². The Kier molecular flexibility index (Phi) is 4.40. The Hall–Kier alpha value is -2.05. The lowest BCUT2D eigenvalue weighted by atomic mass is 10.0. The lowest BCUT2D eigenvalue weighted by molar-refractivity contribution is -0.136. The highest BCUT2D eigenvalue weighted by atomic mass is 32.2. The second kappa shape index (κ2) is 6.83. The molecular weight excluding hydrogens is 340 g/mol. The molecule has 6 heteroatoms. The van der Waals surface area contributed by atoms with E-state index in [1.54, 1.807) is 11.3 Å². The van der Waals surface area contributed by atoms with Gasteiger partial charge in [-0.05, 0) is 18.2 Å². The van der Waals surface area contributed by atoms with Gasteiger partial charge >= 0.3 is 5.97 Å². The number of oxime groups is 1. The third-order valence-corrected chi connectivity index (χ3v) is 6.00. The number of hydrogen-bond donors (Lipinski definition) is 0. The molecule has 0 radical (unpaired) electrons. The van der Waals surface area contributed by atoms with Gasteiger partial charge in [-0.25, -0.2) is 4.79 Å². The molecule has 122 valence electrons. The number of carbonyl (C=O) groups excluding carboxylic acids is 1. The molecule has 0 unspecified atom stereocenters. The van der Waals surface area contributed by atoms with Gasteiger partial charge in [0.05, 0.1) is 10.6 Å². The predicted octanol–water partition coefficient (Wildman–Crippen LogP) is 3.65. The molecule has 3 heterocycles. The van der Waals surface area contributed by atoms with Crippen LogP contribution in [0.3, 0.4) is 0 Å². The standard InChI is InChI=1S/C18H16N2O2S2/c21-18-15(17(19-22-18)13-4-2-1-3-5-13)12-14-6-7-16(24-14)20-8-10-23-11-9-20/h1-7,12H,8-11H2. The summed E-state index contributed by atoms with van der Waals surface area (Å²) in [5.41, 5.74) is 2.01. The average Bonchev–Trinajstić information content (AvgIpc) is 3.25. The van der Waals surface area contributed by atoms with E-state index in [0.717, 1.165) is 23.5 Å². The van der Waals surface area contributed by atoms with Gasteiger partial charge in [0.1, 0.15) is 5.71 Å². The van der Waals surface area contributed by atoms with Crippen molar-refractivity contribution in [1.29, 1.82) is 0 Å². The van der Waals surface area contributed by atoms with Gasteiger partial charge < -0.3 is 9.74 Å². The van der Waals surface area contributed by atoms with Crippen molar-refractivity contribution in [3.05, 3.63) is 58.5 Å². The number of nitrogens with zero attached hydrogens (tertiary/aromatic N) is 2. The molecule has 0 saturated carbocycles. The van der Waals surface area contributed by atoms with Crippen LogP contribution in [0.4, 0.5) is 5.00 Å². The van der Waals surface area contributed by atoms with Gasteiger partial charge in [0.2, 0.25) is 0 Å².